The van der Waals surface area contributed by atoms with Gasteiger partial charge in [-0.3, -0.25) is 0 Å². The van der Waals surface area contributed by atoms with E-state index in [1.54, 1.807) is 0 Å². The Balaban J connectivity index is 2.30. The molecule has 0 aromatic heterocycles. The molecule has 0 aliphatic carbocycles. The van der Waals surface area contributed by atoms with Crippen molar-refractivity contribution in [2.45, 2.75) is 16.7 Å². The summed E-state index contributed by atoms with van der Waals surface area (Å²) in [6.45, 7) is 1.99. The van der Waals surface area contributed by atoms with Gasteiger partial charge in [-0.25, -0.2) is 8.78 Å². The fraction of sp³-hybridized carbons (Fsp3) is 0.0769. The Morgan fingerprint density at radius 1 is 1.00 bits per heavy atom. The van der Waals surface area contributed by atoms with E-state index < -0.39 is 11.6 Å². The number of nitrogen functional groups attached to an aromatic ring is 1. The monoisotopic (exact) mass is 251 g/mol. The number of aryl methyl sites for hydroxylation is 1. The van der Waals surface area contributed by atoms with Crippen LogP contribution < -0.4 is 5.73 Å². The predicted molar refractivity (Wildman–Crippen MR) is 66.1 cm³/mol. The molecule has 4 heteroatoms. The molecule has 0 saturated heterocycles. The number of nitrogens with two attached hydrogens (primary N) is 1. The molecule has 0 bridgehead atoms. The largest absolute Gasteiger partial charge is 0.398 e. The molecule has 17 heavy (non-hydrogen) atoms. The molecule has 0 amide bonds. The van der Waals surface area contributed by atoms with Gasteiger partial charge in [0.05, 0.1) is 0 Å². The second-order valence-corrected chi connectivity index (χ2v) is 4.83. The molecule has 0 heterocycles. The second-order valence-electron chi connectivity index (χ2n) is 3.72. The smallest absolute Gasteiger partial charge is 0.160 e. The van der Waals surface area contributed by atoms with Crippen molar-refractivity contribution in [3.8, 4) is 0 Å². The highest BCUT2D eigenvalue weighted by atomic mass is 32.2. The van der Waals surface area contributed by atoms with Gasteiger partial charge >= 0.3 is 0 Å². The van der Waals surface area contributed by atoms with Gasteiger partial charge in [-0.05, 0) is 25.1 Å². The number of rotatable bonds is 2. The SMILES string of the molecule is Cc1ccc(Sc2cc(F)c(F)cc2N)cc1. The topological polar surface area (TPSA) is 26.0 Å². The maximum absolute atomic E-state index is 13.1. The van der Waals surface area contributed by atoms with E-state index in [-0.39, 0.29) is 5.69 Å². The zero-order chi connectivity index (χ0) is 12.4. The van der Waals surface area contributed by atoms with E-state index in [9.17, 15) is 8.78 Å². The highest BCUT2D eigenvalue weighted by molar-refractivity contribution is 7.99. The maximum atomic E-state index is 13.1. The van der Waals surface area contributed by atoms with Crippen molar-refractivity contribution in [1.82, 2.24) is 0 Å². The Bertz CT molecular complexity index is 538. The molecule has 0 aliphatic heterocycles. The zero-order valence-electron chi connectivity index (χ0n) is 9.21. The fourth-order valence-electron chi connectivity index (χ4n) is 1.37. The number of hydrogen-bond donors (Lipinski definition) is 1. The summed E-state index contributed by atoms with van der Waals surface area (Å²) in [6.07, 6.45) is 0. The van der Waals surface area contributed by atoms with Gasteiger partial charge in [0, 0.05) is 21.5 Å². The van der Waals surface area contributed by atoms with Crippen LogP contribution in [0.15, 0.2) is 46.2 Å². The van der Waals surface area contributed by atoms with Crippen LogP contribution in [0.1, 0.15) is 5.56 Å². The number of halogens is 2. The van der Waals surface area contributed by atoms with Crippen LogP contribution in [-0.2, 0) is 0 Å². The van der Waals surface area contributed by atoms with E-state index in [0.717, 1.165) is 22.6 Å². The summed E-state index contributed by atoms with van der Waals surface area (Å²) < 4.78 is 26.0. The Labute approximate surface area is 103 Å². The van der Waals surface area contributed by atoms with Crippen molar-refractivity contribution in [3.05, 3.63) is 53.6 Å². The van der Waals surface area contributed by atoms with Crippen LogP contribution >= 0.6 is 11.8 Å². The summed E-state index contributed by atoms with van der Waals surface area (Å²) in [5.41, 5.74) is 7.03. The van der Waals surface area contributed by atoms with Crippen LogP contribution in [0.25, 0.3) is 0 Å². The van der Waals surface area contributed by atoms with Crippen molar-refractivity contribution in [1.29, 1.82) is 0 Å². The molecule has 0 saturated carbocycles. The number of anilines is 1. The summed E-state index contributed by atoms with van der Waals surface area (Å²) in [5, 5.41) is 0. The van der Waals surface area contributed by atoms with E-state index >= 15 is 0 Å². The molecule has 0 spiro atoms. The molecule has 1 nitrogen and oxygen atoms in total. The molecule has 88 valence electrons. The lowest BCUT2D eigenvalue weighted by atomic mass is 10.2. The Hall–Kier alpha value is -1.55. The summed E-state index contributed by atoms with van der Waals surface area (Å²) in [5.74, 6) is -1.80. The average Bonchev–Trinajstić information content (AvgIpc) is 2.29. The van der Waals surface area contributed by atoms with E-state index in [0.29, 0.717) is 4.90 Å². The fourth-order valence-corrected chi connectivity index (χ4v) is 2.23. The van der Waals surface area contributed by atoms with Gasteiger partial charge in [0.2, 0.25) is 0 Å². The molecule has 2 aromatic rings. The third-order valence-electron chi connectivity index (χ3n) is 2.30. The highest BCUT2D eigenvalue weighted by Crippen LogP contribution is 2.33. The quantitative estimate of drug-likeness (QED) is 0.816. The summed E-state index contributed by atoms with van der Waals surface area (Å²) >= 11 is 1.31. The van der Waals surface area contributed by atoms with Gasteiger partial charge in [0.15, 0.2) is 11.6 Å². The molecule has 2 N–H and O–H groups in total. The molecule has 0 unspecified atom stereocenters. The van der Waals surface area contributed by atoms with Crippen molar-refractivity contribution >= 4 is 17.4 Å². The minimum atomic E-state index is -0.921. The Kier molecular flexibility index (Phi) is 3.33. The summed E-state index contributed by atoms with van der Waals surface area (Å²) in [6, 6.07) is 9.87. The lowest BCUT2D eigenvalue weighted by molar-refractivity contribution is 0.506. The van der Waals surface area contributed by atoms with E-state index in [4.69, 9.17) is 5.73 Å². The lowest BCUT2D eigenvalue weighted by Gasteiger charge is -2.06. The maximum Gasteiger partial charge on any atom is 0.160 e. The van der Waals surface area contributed by atoms with Gasteiger partial charge in [-0.1, -0.05) is 29.5 Å². The van der Waals surface area contributed by atoms with Gasteiger partial charge < -0.3 is 5.73 Å². The van der Waals surface area contributed by atoms with Crippen molar-refractivity contribution in [2.75, 3.05) is 5.73 Å². The first-order valence-electron chi connectivity index (χ1n) is 5.05. The first-order valence-corrected chi connectivity index (χ1v) is 5.87. The first-order chi connectivity index (χ1) is 8.06. The molecular weight excluding hydrogens is 240 g/mol. The highest BCUT2D eigenvalue weighted by Gasteiger charge is 2.08. The van der Waals surface area contributed by atoms with Gasteiger partial charge in [-0.15, -0.1) is 0 Å². The van der Waals surface area contributed by atoms with Gasteiger partial charge in [0.1, 0.15) is 0 Å². The Morgan fingerprint density at radius 2 is 1.59 bits per heavy atom. The van der Waals surface area contributed by atoms with Crippen LogP contribution in [0.3, 0.4) is 0 Å². The van der Waals surface area contributed by atoms with Crippen LogP contribution in [0.4, 0.5) is 14.5 Å². The van der Waals surface area contributed by atoms with Crippen LogP contribution in [-0.4, -0.2) is 0 Å². The van der Waals surface area contributed by atoms with Gasteiger partial charge in [0.25, 0.3) is 0 Å². The van der Waals surface area contributed by atoms with E-state index in [1.807, 2.05) is 31.2 Å². The van der Waals surface area contributed by atoms with Gasteiger partial charge in [-0.2, -0.15) is 0 Å². The van der Waals surface area contributed by atoms with E-state index in [1.165, 1.54) is 11.8 Å². The third kappa shape index (κ3) is 2.77. The standard InChI is InChI=1S/C13H11F2NS/c1-8-2-4-9(5-3-8)17-13-7-11(15)10(14)6-12(13)16/h2-7H,16H2,1H3. The summed E-state index contributed by atoms with van der Waals surface area (Å²) in [4.78, 5) is 1.46. The minimum Gasteiger partial charge on any atom is -0.398 e. The van der Waals surface area contributed by atoms with Crippen molar-refractivity contribution < 1.29 is 8.78 Å². The molecule has 0 atom stereocenters. The normalized spacial score (nSPS) is 10.5. The molecular formula is C13H11F2NS. The van der Waals surface area contributed by atoms with E-state index in [2.05, 4.69) is 0 Å². The first kappa shape index (κ1) is 11.9. The zero-order valence-corrected chi connectivity index (χ0v) is 10.0. The lowest BCUT2D eigenvalue weighted by Crippen LogP contribution is -1.93. The van der Waals surface area contributed by atoms with Crippen LogP contribution in [0.5, 0.6) is 0 Å². The molecule has 0 aliphatic rings. The Morgan fingerprint density at radius 3 is 2.24 bits per heavy atom. The third-order valence-corrected chi connectivity index (χ3v) is 3.38. The minimum absolute atomic E-state index is 0.245. The summed E-state index contributed by atoms with van der Waals surface area (Å²) in [7, 11) is 0. The molecule has 2 rings (SSSR count). The molecule has 0 fully saturated rings. The van der Waals surface area contributed by atoms with Crippen molar-refractivity contribution in [3.63, 3.8) is 0 Å². The van der Waals surface area contributed by atoms with Crippen molar-refractivity contribution in [2.24, 2.45) is 0 Å². The molecule has 0 radical (unpaired) electrons. The predicted octanol–water partition coefficient (Wildman–Crippen LogP) is 4.01. The average molecular weight is 251 g/mol. The number of benzene rings is 2. The van der Waals surface area contributed by atoms with Crippen LogP contribution in [0, 0.1) is 18.6 Å². The molecule has 2 aromatic carbocycles. The second kappa shape index (κ2) is 4.75. The van der Waals surface area contributed by atoms with Crippen LogP contribution in [0.2, 0.25) is 0 Å². The number of hydrogen-bond acceptors (Lipinski definition) is 2.